The first-order valence-electron chi connectivity index (χ1n) is 9.93. The van der Waals surface area contributed by atoms with Crippen molar-refractivity contribution < 1.29 is 27.0 Å². The second-order valence-corrected chi connectivity index (χ2v) is 8.43. The van der Waals surface area contributed by atoms with Gasteiger partial charge in [-0.05, 0) is 49.9 Å². The van der Waals surface area contributed by atoms with Crippen molar-refractivity contribution in [2.45, 2.75) is 65.5 Å². The van der Waals surface area contributed by atoms with Crippen molar-refractivity contribution in [3.63, 3.8) is 0 Å². The highest BCUT2D eigenvalue weighted by Gasteiger charge is 2.38. The van der Waals surface area contributed by atoms with Crippen LogP contribution >= 0.6 is 0 Å². The number of rotatable bonds is 7. The summed E-state index contributed by atoms with van der Waals surface area (Å²) in [6.45, 7) is 10.2. The zero-order chi connectivity index (χ0) is 22.8. The Bertz CT molecular complexity index is 1010. The van der Waals surface area contributed by atoms with E-state index >= 15 is 0 Å². The molecule has 0 N–H and O–H groups in total. The molecule has 0 fully saturated rings. The Morgan fingerprint density at radius 3 is 2.10 bits per heavy atom. The molecule has 0 saturated heterocycles. The van der Waals surface area contributed by atoms with E-state index in [4.69, 9.17) is 9.26 Å². The molecule has 3 aromatic rings. The van der Waals surface area contributed by atoms with Crippen LogP contribution in [0.3, 0.4) is 0 Å². The minimum atomic E-state index is -4.67. The molecule has 0 radical (unpaired) electrons. The van der Waals surface area contributed by atoms with E-state index in [0.29, 0.717) is 36.1 Å². The van der Waals surface area contributed by atoms with Gasteiger partial charge in [0.15, 0.2) is 5.82 Å². The number of alkyl halides is 3. The topological polar surface area (TPSA) is 87.1 Å². The number of ether oxygens (including phenoxy) is 1. The van der Waals surface area contributed by atoms with Crippen molar-refractivity contribution >= 4 is 0 Å². The lowest BCUT2D eigenvalue weighted by Gasteiger charge is -2.13. The van der Waals surface area contributed by atoms with Gasteiger partial charge in [-0.1, -0.05) is 31.1 Å². The van der Waals surface area contributed by atoms with Gasteiger partial charge in [-0.25, -0.2) is 0 Å². The Hall–Kier alpha value is -2.91. The van der Waals surface area contributed by atoms with E-state index in [1.807, 2.05) is 34.6 Å². The number of benzene rings is 1. The maximum Gasteiger partial charge on any atom is 0.471 e. The lowest BCUT2D eigenvalue weighted by Crippen LogP contribution is -2.11. The quantitative estimate of drug-likeness (QED) is 0.453. The van der Waals surface area contributed by atoms with E-state index in [0.717, 1.165) is 24.0 Å². The van der Waals surface area contributed by atoms with E-state index in [9.17, 15) is 13.2 Å². The Morgan fingerprint density at radius 1 is 0.903 bits per heavy atom. The van der Waals surface area contributed by atoms with Crippen LogP contribution in [-0.4, -0.2) is 26.9 Å². The summed E-state index contributed by atoms with van der Waals surface area (Å²) in [4.78, 5) is 7.85. The Labute approximate surface area is 178 Å². The highest BCUT2D eigenvalue weighted by molar-refractivity contribution is 5.61. The van der Waals surface area contributed by atoms with Crippen LogP contribution in [0.4, 0.5) is 13.2 Å². The zero-order valence-corrected chi connectivity index (χ0v) is 18.1. The molecule has 0 spiro atoms. The van der Waals surface area contributed by atoms with Gasteiger partial charge in [0, 0.05) is 17.4 Å². The molecule has 2 heterocycles. The fourth-order valence-electron chi connectivity index (χ4n) is 2.98. The largest absolute Gasteiger partial charge is 0.493 e. The van der Waals surface area contributed by atoms with E-state index in [1.165, 1.54) is 0 Å². The van der Waals surface area contributed by atoms with Crippen molar-refractivity contribution in [2.24, 2.45) is 0 Å². The van der Waals surface area contributed by atoms with E-state index in [-0.39, 0.29) is 11.2 Å². The molecule has 3 rings (SSSR count). The molecule has 2 aromatic heterocycles. The molecular formula is C21H25F3N4O3. The maximum atomic E-state index is 12.7. The monoisotopic (exact) mass is 438 g/mol. The lowest BCUT2D eigenvalue weighted by molar-refractivity contribution is -0.159. The van der Waals surface area contributed by atoms with Crippen molar-refractivity contribution in [1.82, 2.24) is 20.3 Å². The summed E-state index contributed by atoms with van der Waals surface area (Å²) in [5.41, 5.74) is 1.82. The normalized spacial score (nSPS) is 12.4. The number of unbranched alkanes of at least 4 members (excludes halogenated alkanes) is 1. The zero-order valence-electron chi connectivity index (χ0n) is 18.1. The number of hydrogen-bond acceptors (Lipinski definition) is 7. The summed E-state index contributed by atoms with van der Waals surface area (Å²) in [5, 5.41) is 7.44. The molecule has 0 saturated carbocycles. The molecule has 0 bridgehead atoms. The van der Waals surface area contributed by atoms with Crippen LogP contribution in [0.2, 0.25) is 0 Å². The minimum absolute atomic E-state index is 0.111. The third-order valence-corrected chi connectivity index (χ3v) is 4.54. The number of halogens is 3. The van der Waals surface area contributed by atoms with Crippen molar-refractivity contribution in [3.8, 4) is 17.1 Å². The van der Waals surface area contributed by atoms with E-state index in [2.05, 4.69) is 24.8 Å². The van der Waals surface area contributed by atoms with Gasteiger partial charge >= 0.3 is 12.1 Å². The predicted octanol–water partition coefficient (Wildman–Crippen LogP) is 5.45. The van der Waals surface area contributed by atoms with Crippen LogP contribution < -0.4 is 4.74 Å². The number of hydrogen-bond donors (Lipinski definition) is 0. The molecule has 10 heteroatoms. The molecule has 0 atom stereocenters. The van der Waals surface area contributed by atoms with Gasteiger partial charge < -0.3 is 13.8 Å². The van der Waals surface area contributed by atoms with Gasteiger partial charge in [0.2, 0.25) is 11.7 Å². The van der Waals surface area contributed by atoms with Crippen LogP contribution in [-0.2, 0) is 18.0 Å². The molecular weight excluding hydrogens is 413 g/mol. The van der Waals surface area contributed by atoms with Crippen LogP contribution in [0.15, 0.2) is 21.2 Å². The summed E-state index contributed by atoms with van der Waals surface area (Å²) in [6, 6.07) is 3.36. The Balaban J connectivity index is 1.55. The molecule has 0 unspecified atom stereocenters. The maximum absolute atomic E-state index is 12.7. The summed E-state index contributed by atoms with van der Waals surface area (Å²) >= 11 is 0. The molecule has 31 heavy (non-hydrogen) atoms. The van der Waals surface area contributed by atoms with Gasteiger partial charge in [0.25, 0.3) is 0 Å². The van der Waals surface area contributed by atoms with Gasteiger partial charge in [0.05, 0.1) is 6.61 Å². The summed E-state index contributed by atoms with van der Waals surface area (Å²) in [6.07, 6.45) is -2.35. The van der Waals surface area contributed by atoms with Gasteiger partial charge in [-0.15, -0.1) is 0 Å². The highest BCUT2D eigenvalue weighted by Crippen LogP contribution is 2.32. The van der Waals surface area contributed by atoms with E-state index < -0.39 is 12.1 Å². The van der Waals surface area contributed by atoms with Crippen LogP contribution in [0, 0.1) is 13.8 Å². The standard InChI is InChI=1S/C21H25F3N4O3/c1-12-10-14(17-26-19(31-28-17)21(22,23)24)11-13(2)16(12)29-9-7-6-8-15-25-18(30-27-15)20(3,4)5/h10-11H,6-9H2,1-5H3. The fraction of sp³-hybridized carbons (Fsp3) is 0.524. The van der Waals surface area contributed by atoms with Gasteiger partial charge in [-0.2, -0.15) is 23.1 Å². The first-order chi connectivity index (χ1) is 14.4. The molecule has 7 nitrogen and oxygen atoms in total. The third kappa shape index (κ3) is 5.62. The fourth-order valence-corrected chi connectivity index (χ4v) is 2.98. The molecule has 0 aliphatic rings. The average Bonchev–Trinajstić information content (AvgIpc) is 3.32. The van der Waals surface area contributed by atoms with Crippen LogP contribution in [0.1, 0.15) is 62.3 Å². The second kappa shape index (κ2) is 8.68. The van der Waals surface area contributed by atoms with Crippen molar-refractivity contribution in [1.29, 1.82) is 0 Å². The Morgan fingerprint density at radius 2 is 1.55 bits per heavy atom. The lowest BCUT2D eigenvalue weighted by atomic mass is 9.97. The van der Waals surface area contributed by atoms with Gasteiger partial charge in [0.1, 0.15) is 5.75 Å². The molecule has 0 amide bonds. The van der Waals surface area contributed by atoms with Crippen molar-refractivity contribution in [2.75, 3.05) is 6.61 Å². The molecule has 1 aromatic carbocycles. The average molecular weight is 438 g/mol. The first kappa shape index (κ1) is 22.8. The second-order valence-electron chi connectivity index (χ2n) is 8.43. The summed E-state index contributed by atoms with van der Waals surface area (Å²) < 4.78 is 53.5. The number of aryl methyl sites for hydroxylation is 3. The SMILES string of the molecule is Cc1cc(-c2noc(C(F)(F)F)n2)cc(C)c1OCCCCc1noc(C(C)(C)C)n1. The first-order valence-corrected chi connectivity index (χ1v) is 9.93. The highest BCUT2D eigenvalue weighted by atomic mass is 19.4. The van der Waals surface area contributed by atoms with Crippen LogP contribution in [0.5, 0.6) is 5.75 Å². The van der Waals surface area contributed by atoms with Crippen molar-refractivity contribution in [3.05, 3.63) is 40.9 Å². The smallest absolute Gasteiger partial charge is 0.471 e. The number of aromatic nitrogens is 4. The van der Waals surface area contributed by atoms with Gasteiger partial charge in [-0.3, -0.25) is 0 Å². The summed E-state index contributed by atoms with van der Waals surface area (Å²) in [5.74, 6) is 0.515. The number of nitrogens with zero attached hydrogens (tertiary/aromatic N) is 4. The summed E-state index contributed by atoms with van der Waals surface area (Å²) in [7, 11) is 0. The Kier molecular flexibility index (Phi) is 6.38. The van der Waals surface area contributed by atoms with Crippen LogP contribution in [0.25, 0.3) is 11.4 Å². The van der Waals surface area contributed by atoms with E-state index in [1.54, 1.807) is 12.1 Å². The molecule has 0 aliphatic carbocycles. The molecule has 168 valence electrons. The third-order valence-electron chi connectivity index (χ3n) is 4.54. The minimum Gasteiger partial charge on any atom is -0.493 e. The predicted molar refractivity (Wildman–Crippen MR) is 106 cm³/mol. The molecule has 0 aliphatic heterocycles.